The Kier molecular flexibility index (Phi) is 7.23. The summed E-state index contributed by atoms with van der Waals surface area (Å²) in [7, 11) is 0. The molecular formula is C24H23ClF3N5O. The number of hydrogen-bond donors (Lipinski definition) is 2. The minimum atomic E-state index is -4.42. The van der Waals surface area contributed by atoms with Gasteiger partial charge in [0.1, 0.15) is 5.82 Å². The summed E-state index contributed by atoms with van der Waals surface area (Å²) in [6, 6.07) is 15.1. The minimum absolute atomic E-state index is 0.254. The smallest absolute Gasteiger partial charge is 0.354 e. The molecule has 6 nitrogen and oxygen atoms in total. The molecule has 2 N–H and O–H groups in total. The lowest BCUT2D eigenvalue weighted by Gasteiger charge is -2.35. The number of nitrogens with one attached hydrogen (secondary N) is 2. The lowest BCUT2D eigenvalue weighted by atomic mass is 10.2. The van der Waals surface area contributed by atoms with Gasteiger partial charge >= 0.3 is 12.2 Å². The summed E-state index contributed by atoms with van der Waals surface area (Å²) in [5.41, 5.74) is 1.07. The van der Waals surface area contributed by atoms with Crippen LogP contribution in [0.4, 0.5) is 35.2 Å². The zero-order chi connectivity index (χ0) is 24.1. The fourth-order valence-corrected chi connectivity index (χ4v) is 3.88. The summed E-state index contributed by atoms with van der Waals surface area (Å²) >= 11 is 6.26. The fourth-order valence-electron chi connectivity index (χ4n) is 3.69. The van der Waals surface area contributed by atoms with Gasteiger partial charge in [0.2, 0.25) is 0 Å². The van der Waals surface area contributed by atoms with Crippen molar-refractivity contribution in [2.75, 3.05) is 41.7 Å². The maximum atomic E-state index is 12.6. The highest BCUT2D eigenvalue weighted by Gasteiger charge is 2.30. The second-order valence-electron chi connectivity index (χ2n) is 7.91. The first-order valence-electron chi connectivity index (χ1n) is 10.7. The summed E-state index contributed by atoms with van der Waals surface area (Å²) < 4.78 is 37.9. The maximum absolute atomic E-state index is 12.6. The molecule has 2 heterocycles. The van der Waals surface area contributed by atoms with E-state index < -0.39 is 17.8 Å². The highest BCUT2D eigenvalue weighted by molar-refractivity contribution is 6.31. The zero-order valence-corrected chi connectivity index (χ0v) is 18.9. The number of piperazine rings is 1. The van der Waals surface area contributed by atoms with Gasteiger partial charge < -0.3 is 15.5 Å². The van der Waals surface area contributed by atoms with Gasteiger partial charge in [0.25, 0.3) is 0 Å². The lowest BCUT2D eigenvalue weighted by molar-refractivity contribution is -0.137. The highest BCUT2D eigenvalue weighted by atomic mass is 35.5. The second kappa shape index (κ2) is 10.3. The number of halogens is 4. The van der Waals surface area contributed by atoms with Crippen LogP contribution in [0.5, 0.6) is 0 Å². The number of carbonyl (C=O) groups is 1. The molecule has 4 rings (SSSR count). The van der Waals surface area contributed by atoms with Crippen molar-refractivity contribution in [3.8, 4) is 0 Å². The molecule has 3 aromatic rings. The van der Waals surface area contributed by atoms with Crippen molar-refractivity contribution in [3.63, 3.8) is 0 Å². The van der Waals surface area contributed by atoms with Crippen molar-refractivity contribution in [3.05, 3.63) is 83.0 Å². The number of aromatic nitrogens is 1. The number of benzene rings is 2. The molecule has 0 bridgehead atoms. The van der Waals surface area contributed by atoms with Gasteiger partial charge in [0.15, 0.2) is 0 Å². The first-order chi connectivity index (χ1) is 16.3. The number of alkyl halides is 3. The van der Waals surface area contributed by atoms with Crippen molar-refractivity contribution >= 4 is 34.8 Å². The molecule has 0 atom stereocenters. The van der Waals surface area contributed by atoms with Gasteiger partial charge in [-0.05, 0) is 48.0 Å². The van der Waals surface area contributed by atoms with Crippen LogP contribution in [0, 0.1) is 0 Å². The number of anilines is 3. The van der Waals surface area contributed by atoms with Crippen LogP contribution in [0.15, 0.2) is 66.9 Å². The molecule has 1 aromatic heterocycles. The SMILES string of the molecule is O=C(Nc1ccc(C(F)(F)F)cc1)Nc1ccc(N2CCN(Cc3ccccc3Cl)CC2)nc1. The van der Waals surface area contributed by atoms with Crippen LogP contribution in [0.1, 0.15) is 11.1 Å². The number of nitrogens with zero attached hydrogens (tertiary/aromatic N) is 3. The van der Waals surface area contributed by atoms with Crippen molar-refractivity contribution in [2.24, 2.45) is 0 Å². The molecule has 0 saturated carbocycles. The molecular weight excluding hydrogens is 467 g/mol. The fraction of sp³-hybridized carbons (Fsp3) is 0.250. The summed E-state index contributed by atoms with van der Waals surface area (Å²) in [6.45, 7) is 4.19. The first kappa shape index (κ1) is 23.8. The van der Waals surface area contributed by atoms with E-state index in [4.69, 9.17) is 11.6 Å². The van der Waals surface area contributed by atoms with Gasteiger partial charge in [-0.1, -0.05) is 29.8 Å². The molecule has 0 radical (unpaired) electrons. The van der Waals surface area contributed by atoms with Crippen LogP contribution in [0.2, 0.25) is 5.02 Å². The number of carbonyl (C=O) groups excluding carboxylic acids is 1. The molecule has 2 aromatic carbocycles. The molecule has 34 heavy (non-hydrogen) atoms. The Bertz CT molecular complexity index is 1110. The van der Waals surface area contributed by atoms with E-state index in [1.807, 2.05) is 30.3 Å². The number of pyridine rings is 1. The lowest BCUT2D eigenvalue weighted by Crippen LogP contribution is -2.46. The third-order valence-corrected chi connectivity index (χ3v) is 5.89. The van der Waals surface area contributed by atoms with E-state index in [-0.39, 0.29) is 5.69 Å². The Labute approximate surface area is 200 Å². The van der Waals surface area contributed by atoms with E-state index in [1.54, 1.807) is 12.3 Å². The van der Waals surface area contributed by atoms with Crippen LogP contribution in [-0.2, 0) is 12.7 Å². The van der Waals surface area contributed by atoms with E-state index >= 15 is 0 Å². The van der Waals surface area contributed by atoms with Crippen molar-refractivity contribution in [1.82, 2.24) is 9.88 Å². The average molecular weight is 490 g/mol. The summed E-state index contributed by atoms with van der Waals surface area (Å²) in [5, 5.41) is 5.91. The third kappa shape index (κ3) is 6.18. The number of rotatable bonds is 5. The molecule has 1 fully saturated rings. The van der Waals surface area contributed by atoms with Crippen molar-refractivity contribution < 1.29 is 18.0 Å². The predicted octanol–water partition coefficient (Wildman–Crippen LogP) is 5.72. The van der Waals surface area contributed by atoms with E-state index in [9.17, 15) is 18.0 Å². The maximum Gasteiger partial charge on any atom is 0.416 e. The van der Waals surface area contributed by atoms with Crippen LogP contribution >= 0.6 is 11.6 Å². The van der Waals surface area contributed by atoms with Gasteiger partial charge in [0.05, 0.1) is 17.4 Å². The van der Waals surface area contributed by atoms with Crippen LogP contribution in [-0.4, -0.2) is 42.1 Å². The molecule has 0 aliphatic carbocycles. The van der Waals surface area contributed by atoms with E-state index in [1.165, 1.54) is 12.1 Å². The average Bonchev–Trinajstić information content (AvgIpc) is 2.81. The second-order valence-corrected chi connectivity index (χ2v) is 8.32. The van der Waals surface area contributed by atoms with E-state index in [0.29, 0.717) is 5.69 Å². The van der Waals surface area contributed by atoms with E-state index in [0.717, 1.165) is 61.3 Å². The Morgan fingerprint density at radius 2 is 1.56 bits per heavy atom. The summed E-state index contributed by atoms with van der Waals surface area (Å²) in [5.74, 6) is 0.811. The predicted molar refractivity (Wildman–Crippen MR) is 127 cm³/mol. The van der Waals surface area contributed by atoms with Gasteiger partial charge in [-0.25, -0.2) is 9.78 Å². The van der Waals surface area contributed by atoms with Crippen LogP contribution in [0.25, 0.3) is 0 Å². The van der Waals surface area contributed by atoms with Crippen LogP contribution < -0.4 is 15.5 Å². The molecule has 0 spiro atoms. The molecule has 1 aliphatic rings. The van der Waals surface area contributed by atoms with Crippen LogP contribution in [0.3, 0.4) is 0 Å². The van der Waals surface area contributed by atoms with Gasteiger partial charge in [0, 0.05) is 43.4 Å². The Morgan fingerprint density at radius 3 is 2.18 bits per heavy atom. The quantitative estimate of drug-likeness (QED) is 0.481. The Morgan fingerprint density at radius 1 is 0.912 bits per heavy atom. The van der Waals surface area contributed by atoms with Gasteiger partial charge in [-0.15, -0.1) is 0 Å². The Hall–Kier alpha value is -3.30. The molecule has 178 valence electrons. The third-order valence-electron chi connectivity index (χ3n) is 5.52. The minimum Gasteiger partial charge on any atom is -0.354 e. The molecule has 0 unspecified atom stereocenters. The first-order valence-corrected chi connectivity index (χ1v) is 11.1. The highest BCUT2D eigenvalue weighted by Crippen LogP contribution is 2.30. The normalized spacial score (nSPS) is 14.6. The summed E-state index contributed by atoms with van der Waals surface area (Å²) in [6.07, 6.45) is -2.87. The Balaban J connectivity index is 1.26. The molecule has 1 saturated heterocycles. The largest absolute Gasteiger partial charge is 0.416 e. The number of hydrogen-bond acceptors (Lipinski definition) is 4. The van der Waals surface area contributed by atoms with Crippen molar-refractivity contribution in [2.45, 2.75) is 12.7 Å². The molecule has 1 aliphatic heterocycles. The standard InChI is InChI=1S/C24H23ClF3N5O/c25-21-4-2-1-3-17(21)16-32-11-13-33(14-12-32)22-10-9-20(15-29-22)31-23(34)30-19-7-5-18(6-8-19)24(26,27)28/h1-10,15H,11-14,16H2,(H2,30,31,34). The number of amides is 2. The van der Waals surface area contributed by atoms with E-state index in [2.05, 4.69) is 25.4 Å². The van der Waals surface area contributed by atoms with Gasteiger partial charge in [-0.3, -0.25) is 4.90 Å². The van der Waals surface area contributed by atoms with Gasteiger partial charge in [-0.2, -0.15) is 13.2 Å². The topological polar surface area (TPSA) is 60.5 Å². The van der Waals surface area contributed by atoms with Crippen molar-refractivity contribution in [1.29, 1.82) is 0 Å². The zero-order valence-electron chi connectivity index (χ0n) is 18.1. The molecule has 10 heteroatoms. The molecule has 2 amide bonds. The summed E-state index contributed by atoms with van der Waals surface area (Å²) in [4.78, 5) is 21.1. The number of urea groups is 1. The monoisotopic (exact) mass is 489 g/mol.